The molecule has 0 radical (unpaired) electrons. The second-order valence-corrected chi connectivity index (χ2v) is 7.19. The zero-order chi connectivity index (χ0) is 19.5. The first-order chi connectivity index (χ1) is 13.7. The van der Waals surface area contributed by atoms with E-state index in [1.165, 1.54) is 11.8 Å². The van der Waals surface area contributed by atoms with Crippen LogP contribution in [0.2, 0.25) is 0 Å². The van der Waals surface area contributed by atoms with Gasteiger partial charge in [-0.3, -0.25) is 4.79 Å². The summed E-state index contributed by atoms with van der Waals surface area (Å²) in [6.45, 7) is 1.56. The Morgan fingerprint density at radius 3 is 2.75 bits per heavy atom. The summed E-state index contributed by atoms with van der Waals surface area (Å²) in [5, 5.41) is 15.1. The minimum Gasteiger partial charge on any atom is -0.496 e. The highest BCUT2D eigenvalue weighted by Gasteiger charge is 2.14. The Morgan fingerprint density at radius 2 is 1.93 bits per heavy atom. The van der Waals surface area contributed by atoms with Crippen LogP contribution in [-0.4, -0.2) is 33.1 Å². The summed E-state index contributed by atoms with van der Waals surface area (Å²) >= 11 is 1.50. The van der Waals surface area contributed by atoms with Gasteiger partial charge in [0.15, 0.2) is 5.78 Å². The molecule has 0 aliphatic heterocycles. The maximum Gasteiger partial charge on any atom is 0.214 e. The van der Waals surface area contributed by atoms with Gasteiger partial charge in [-0.1, -0.05) is 48.2 Å². The molecule has 0 atom stereocenters. The number of fused-ring (bicyclic) bond motifs is 1. The lowest BCUT2D eigenvalue weighted by molar-refractivity contribution is 0.101. The Labute approximate surface area is 166 Å². The van der Waals surface area contributed by atoms with Gasteiger partial charge in [-0.2, -0.15) is 4.68 Å². The van der Waals surface area contributed by atoms with E-state index in [4.69, 9.17) is 4.74 Å². The van der Waals surface area contributed by atoms with Crippen LogP contribution in [0.25, 0.3) is 16.5 Å². The molecule has 0 fully saturated rings. The van der Waals surface area contributed by atoms with E-state index in [-0.39, 0.29) is 5.78 Å². The molecule has 1 aromatic heterocycles. The van der Waals surface area contributed by atoms with Gasteiger partial charge in [0.1, 0.15) is 5.75 Å². The number of methoxy groups -OCH3 is 1. The number of ketones is 1. The lowest BCUT2D eigenvalue weighted by Crippen LogP contribution is -2.01. The van der Waals surface area contributed by atoms with Crippen LogP contribution in [-0.2, 0) is 5.75 Å². The molecule has 0 bridgehead atoms. The van der Waals surface area contributed by atoms with Gasteiger partial charge in [-0.05, 0) is 47.0 Å². The molecule has 0 saturated heterocycles. The predicted molar refractivity (Wildman–Crippen MR) is 109 cm³/mol. The number of nitrogens with zero attached hydrogens (tertiary/aromatic N) is 4. The fraction of sp³-hybridized carbons (Fsp3) is 0.143. The van der Waals surface area contributed by atoms with E-state index in [1.54, 1.807) is 24.8 Å². The van der Waals surface area contributed by atoms with Gasteiger partial charge in [0, 0.05) is 22.3 Å². The van der Waals surface area contributed by atoms with Crippen LogP contribution < -0.4 is 4.74 Å². The van der Waals surface area contributed by atoms with Crippen molar-refractivity contribution in [2.75, 3.05) is 7.11 Å². The number of hydrogen-bond donors (Lipinski definition) is 0. The molecule has 7 heteroatoms. The molecule has 0 aliphatic rings. The molecule has 140 valence electrons. The number of carbonyl (C=O) groups excluding carboxylic acids is 1. The number of aromatic nitrogens is 4. The summed E-state index contributed by atoms with van der Waals surface area (Å²) in [5.41, 5.74) is 2.51. The fourth-order valence-electron chi connectivity index (χ4n) is 3.07. The highest BCUT2D eigenvalue weighted by atomic mass is 32.2. The van der Waals surface area contributed by atoms with Gasteiger partial charge < -0.3 is 4.74 Å². The third-order valence-corrected chi connectivity index (χ3v) is 5.45. The minimum atomic E-state index is 0.0227. The van der Waals surface area contributed by atoms with Crippen molar-refractivity contribution in [2.24, 2.45) is 0 Å². The van der Waals surface area contributed by atoms with Crippen LogP contribution in [0.3, 0.4) is 0 Å². The van der Waals surface area contributed by atoms with Crippen molar-refractivity contribution in [2.45, 2.75) is 17.8 Å². The predicted octanol–water partition coefficient (Wildman–Crippen LogP) is 4.32. The van der Waals surface area contributed by atoms with E-state index < -0.39 is 0 Å². The maximum absolute atomic E-state index is 11.7. The molecule has 0 unspecified atom stereocenters. The highest BCUT2D eigenvalue weighted by Crippen LogP contribution is 2.30. The highest BCUT2D eigenvalue weighted by molar-refractivity contribution is 7.98. The minimum absolute atomic E-state index is 0.0227. The summed E-state index contributed by atoms with van der Waals surface area (Å²) < 4.78 is 7.18. The number of carbonyl (C=O) groups is 1. The number of thioether (sulfide) groups is 1. The molecule has 0 spiro atoms. The van der Waals surface area contributed by atoms with E-state index in [1.807, 2.05) is 36.4 Å². The molecule has 0 N–H and O–H groups in total. The van der Waals surface area contributed by atoms with Crippen LogP contribution in [0, 0.1) is 0 Å². The van der Waals surface area contributed by atoms with E-state index in [9.17, 15) is 4.79 Å². The molecule has 0 aliphatic carbocycles. The van der Waals surface area contributed by atoms with E-state index in [0.717, 1.165) is 27.8 Å². The lowest BCUT2D eigenvalue weighted by Gasteiger charge is -2.10. The molecule has 28 heavy (non-hydrogen) atoms. The Balaban J connectivity index is 1.66. The van der Waals surface area contributed by atoms with Gasteiger partial charge in [0.2, 0.25) is 5.16 Å². The third kappa shape index (κ3) is 3.48. The average Bonchev–Trinajstić information content (AvgIpc) is 3.19. The lowest BCUT2D eigenvalue weighted by atomic mass is 10.1. The Bertz CT molecular complexity index is 1150. The summed E-state index contributed by atoms with van der Waals surface area (Å²) in [6.07, 6.45) is 0. The zero-order valence-corrected chi connectivity index (χ0v) is 16.3. The number of rotatable bonds is 6. The molecule has 4 aromatic rings. The second kappa shape index (κ2) is 7.82. The zero-order valence-electron chi connectivity index (χ0n) is 15.5. The molecule has 0 saturated carbocycles. The van der Waals surface area contributed by atoms with Crippen LogP contribution in [0.1, 0.15) is 22.8 Å². The van der Waals surface area contributed by atoms with Gasteiger partial charge in [-0.15, -0.1) is 5.10 Å². The number of Topliss-reactive ketones (excluding diaryl/α,β-unsaturated/α-hetero) is 1. The van der Waals surface area contributed by atoms with Crippen molar-refractivity contribution in [3.8, 4) is 11.4 Å². The largest absolute Gasteiger partial charge is 0.496 e. The van der Waals surface area contributed by atoms with Crippen LogP contribution in [0.4, 0.5) is 0 Å². The normalized spacial score (nSPS) is 10.9. The first kappa shape index (κ1) is 18.2. The van der Waals surface area contributed by atoms with Gasteiger partial charge >= 0.3 is 0 Å². The molecule has 6 nitrogen and oxygen atoms in total. The van der Waals surface area contributed by atoms with Crippen molar-refractivity contribution in [3.63, 3.8) is 0 Å². The summed E-state index contributed by atoms with van der Waals surface area (Å²) in [5.74, 6) is 1.34. The fourth-order valence-corrected chi connectivity index (χ4v) is 3.93. The van der Waals surface area contributed by atoms with Crippen molar-refractivity contribution in [1.82, 2.24) is 20.2 Å². The van der Waals surface area contributed by atoms with E-state index in [2.05, 4.69) is 33.7 Å². The van der Waals surface area contributed by atoms with Crippen molar-refractivity contribution >= 4 is 28.3 Å². The van der Waals surface area contributed by atoms with Gasteiger partial charge in [-0.25, -0.2) is 0 Å². The molecule has 4 rings (SSSR count). The Morgan fingerprint density at radius 1 is 1.11 bits per heavy atom. The van der Waals surface area contributed by atoms with Crippen LogP contribution >= 0.6 is 11.8 Å². The molecular formula is C21H18N4O2S. The van der Waals surface area contributed by atoms with Crippen molar-refractivity contribution in [1.29, 1.82) is 0 Å². The monoisotopic (exact) mass is 390 g/mol. The maximum atomic E-state index is 11.7. The smallest absolute Gasteiger partial charge is 0.214 e. The first-order valence-electron chi connectivity index (χ1n) is 8.74. The van der Waals surface area contributed by atoms with Gasteiger partial charge in [0.25, 0.3) is 0 Å². The summed E-state index contributed by atoms with van der Waals surface area (Å²) in [7, 11) is 1.62. The summed E-state index contributed by atoms with van der Waals surface area (Å²) in [4.78, 5) is 11.7. The van der Waals surface area contributed by atoms with Crippen LogP contribution in [0.15, 0.2) is 65.8 Å². The molecular weight excluding hydrogens is 372 g/mol. The Kier molecular flexibility index (Phi) is 5.08. The SMILES string of the molecule is COc1ccc(C(C)=O)cc1CSc1nnnn1-c1cccc2ccccc12. The Hall–Kier alpha value is -3.19. The number of tetrazole rings is 1. The standard InChI is InChI=1S/C21H18N4O2S/c1-14(26)16-10-11-20(27-2)17(12-16)13-28-21-22-23-24-25(21)19-9-5-7-15-6-3-4-8-18(15)19/h3-12H,13H2,1-2H3. The molecule has 3 aromatic carbocycles. The quantitative estimate of drug-likeness (QED) is 0.361. The topological polar surface area (TPSA) is 69.9 Å². The van der Waals surface area contributed by atoms with Crippen molar-refractivity contribution in [3.05, 3.63) is 71.8 Å². The second-order valence-electron chi connectivity index (χ2n) is 6.24. The average molecular weight is 390 g/mol. The van der Waals surface area contributed by atoms with Gasteiger partial charge in [0.05, 0.1) is 12.8 Å². The first-order valence-corrected chi connectivity index (χ1v) is 9.73. The number of hydrogen-bond acceptors (Lipinski definition) is 6. The van der Waals surface area contributed by atoms with E-state index in [0.29, 0.717) is 16.5 Å². The molecule has 1 heterocycles. The summed E-state index contributed by atoms with van der Waals surface area (Å²) in [6, 6.07) is 19.6. The van der Waals surface area contributed by atoms with Crippen molar-refractivity contribution < 1.29 is 9.53 Å². The molecule has 0 amide bonds. The number of benzene rings is 3. The van der Waals surface area contributed by atoms with E-state index >= 15 is 0 Å². The third-order valence-electron chi connectivity index (χ3n) is 4.48. The number of ether oxygens (including phenoxy) is 1. The van der Waals surface area contributed by atoms with Crippen LogP contribution in [0.5, 0.6) is 5.75 Å².